The monoisotopic (exact) mass is 268 g/mol. The van der Waals surface area contributed by atoms with Gasteiger partial charge in [-0.25, -0.2) is 4.39 Å². The maximum absolute atomic E-state index is 13.8. The zero-order chi connectivity index (χ0) is 13.0. The van der Waals surface area contributed by atoms with Crippen molar-refractivity contribution in [1.82, 2.24) is 0 Å². The van der Waals surface area contributed by atoms with Crippen molar-refractivity contribution < 1.29 is 9.13 Å². The molecule has 0 atom stereocenters. The molecule has 1 saturated heterocycles. The molecule has 1 aliphatic rings. The molecule has 2 rings (SSSR count). The first-order valence-electron chi connectivity index (χ1n) is 6.08. The Bertz CT molecular complexity index is 433. The molecule has 1 aromatic rings. The molecule has 0 aromatic heterocycles. The molecule has 1 aromatic carbocycles. The van der Waals surface area contributed by atoms with Gasteiger partial charge in [0.25, 0.3) is 0 Å². The predicted molar refractivity (Wildman–Crippen MR) is 74.3 cm³/mol. The van der Waals surface area contributed by atoms with E-state index in [0.29, 0.717) is 17.2 Å². The summed E-state index contributed by atoms with van der Waals surface area (Å²) in [5.41, 5.74) is 6.51. The predicted octanol–water partition coefficient (Wildman–Crippen LogP) is 2.30. The van der Waals surface area contributed by atoms with Crippen molar-refractivity contribution in [3.05, 3.63) is 29.6 Å². The number of ether oxygens (including phenoxy) is 1. The highest BCUT2D eigenvalue weighted by atomic mass is 32.1. The molecule has 3 nitrogen and oxygen atoms in total. The molecule has 0 spiro atoms. The summed E-state index contributed by atoms with van der Waals surface area (Å²) in [6.45, 7) is 2.37. The van der Waals surface area contributed by atoms with E-state index >= 15 is 0 Å². The van der Waals surface area contributed by atoms with E-state index < -0.39 is 0 Å². The Kier molecular flexibility index (Phi) is 4.49. The Morgan fingerprint density at radius 3 is 2.78 bits per heavy atom. The molecule has 1 aliphatic heterocycles. The van der Waals surface area contributed by atoms with Crippen molar-refractivity contribution in [2.75, 3.05) is 25.1 Å². The first-order chi connectivity index (χ1) is 8.66. The summed E-state index contributed by atoms with van der Waals surface area (Å²) in [6.07, 6.45) is 2.05. The van der Waals surface area contributed by atoms with Crippen molar-refractivity contribution in [2.45, 2.75) is 12.8 Å². The van der Waals surface area contributed by atoms with Crippen molar-refractivity contribution >= 4 is 22.9 Å². The van der Waals surface area contributed by atoms with Crippen LogP contribution in [0.4, 0.5) is 10.1 Å². The molecule has 98 valence electrons. The van der Waals surface area contributed by atoms with Crippen LogP contribution in [-0.4, -0.2) is 24.7 Å². The molecule has 5 heteroatoms. The van der Waals surface area contributed by atoms with E-state index in [1.807, 2.05) is 0 Å². The second-order valence-electron chi connectivity index (χ2n) is 4.50. The normalized spacial score (nSPS) is 16.5. The van der Waals surface area contributed by atoms with Crippen LogP contribution in [0.3, 0.4) is 0 Å². The van der Waals surface area contributed by atoms with Crippen LogP contribution in [0.15, 0.2) is 18.2 Å². The second-order valence-corrected chi connectivity index (χ2v) is 4.94. The van der Waals surface area contributed by atoms with E-state index in [2.05, 4.69) is 5.32 Å². The molecule has 1 heterocycles. The Morgan fingerprint density at radius 1 is 1.44 bits per heavy atom. The minimum absolute atomic E-state index is 0.213. The maximum Gasteiger partial charge on any atom is 0.146 e. The molecule has 0 bridgehead atoms. The van der Waals surface area contributed by atoms with Crippen molar-refractivity contribution in [1.29, 1.82) is 0 Å². The minimum Gasteiger partial charge on any atom is -0.389 e. The lowest BCUT2D eigenvalue weighted by molar-refractivity contribution is 0.0699. The standard InChI is InChI=1S/C13H17FN2OS/c14-11-7-10(13(15)18)1-2-12(11)16-8-9-3-5-17-6-4-9/h1-2,7,9,16H,3-6,8H2,(H2,15,18). The van der Waals surface area contributed by atoms with Gasteiger partial charge in [-0.15, -0.1) is 0 Å². The second kappa shape index (κ2) is 6.11. The summed E-state index contributed by atoms with van der Waals surface area (Å²) in [7, 11) is 0. The first kappa shape index (κ1) is 13.2. The third kappa shape index (κ3) is 3.40. The fourth-order valence-corrected chi connectivity index (χ4v) is 2.14. The molecule has 0 aliphatic carbocycles. The van der Waals surface area contributed by atoms with Gasteiger partial charge in [0.2, 0.25) is 0 Å². The highest BCUT2D eigenvalue weighted by Crippen LogP contribution is 2.19. The Labute approximate surface area is 112 Å². The molecular formula is C13H17FN2OS. The lowest BCUT2D eigenvalue weighted by Gasteiger charge is -2.22. The first-order valence-corrected chi connectivity index (χ1v) is 6.48. The molecule has 3 N–H and O–H groups in total. The highest BCUT2D eigenvalue weighted by Gasteiger charge is 2.14. The van der Waals surface area contributed by atoms with E-state index in [0.717, 1.165) is 32.6 Å². The number of nitrogens with two attached hydrogens (primary N) is 1. The lowest BCUT2D eigenvalue weighted by Crippen LogP contribution is -2.23. The Hall–Kier alpha value is -1.20. The average Bonchev–Trinajstić information content (AvgIpc) is 2.38. The van der Waals surface area contributed by atoms with Crippen LogP contribution in [0.2, 0.25) is 0 Å². The van der Waals surface area contributed by atoms with Gasteiger partial charge in [-0.3, -0.25) is 0 Å². The number of thiocarbonyl (C=S) groups is 1. The summed E-state index contributed by atoms with van der Waals surface area (Å²) in [4.78, 5) is 0.213. The van der Waals surface area contributed by atoms with Crippen molar-refractivity contribution in [3.8, 4) is 0 Å². The summed E-state index contributed by atoms with van der Waals surface area (Å²) in [6, 6.07) is 4.79. The van der Waals surface area contributed by atoms with Crippen LogP contribution in [0.1, 0.15) is 18.4 Å². The number of halogens is 1. The average molecular weight is 268 g/mol. The molecule has 18 heavy (non-hydrogen) atoms. The zero-order valence-corrected chi connectivity index (χ0v) is 10.9. The molecule has 1 fully saturated rings. The smallest absolute Gasteiger partial charge is 0.146 e. The van der Waals surface area contributed by atoms with E-state index in [9.17, 15) is 4.39 Å². The van der Waals surface area contributed by atoms with Gasteiger partial charge in [-0.2, -0.15) is 0 Å². The Morgan fingerprint density at radius 2 is 2.17 bits per heavy atom. The van der Waals surface area contributed by atoms with Crippen molar-refractivity contribution in [3.63, 3.8) is 0 Å². The van der Waals surface area contributed by atoms with Gasteiger partial charge in [0, 0.05) is 25.3 Å². The number of nitrogens with one attached hydrogen (secondary N) is 1. The van der Waals surface area contributed by atoms with Gasteiger partial charge in [-0.05, 0) is 37.0 Å². The topological polar surface area (TPSA) is 47.3 Å². The van der Waals surface area contributed by atoms with Crippen LogP contribution in [0, 0.1) is 11.7 Å². The van der Waals surface area contributed by atoms with E-state index in [1.165, 1.54) is 6.07 Å². The summed E-state index contributed by atoms with van der Waals surface area (Å²) >= 11 is 4.81. The van der Waals surface area contributed by atoms with Crippen LogP contribution >= 0.6 is 12.2 Å². The molecular weight excluding hydrogens is 251 g/mol. The zero-order valence-electron chi connectivity index (χ0n) is 10.1. The molecule has 0 amide bonds. The van der Waals surface area contributed by atoms with Gasteiger partial charge in [0.15, 0.2) is 0 Å². The van der Waals surface area contributed by atoms with Gasteiger partial charge < -0.3 is 15.8 Å². The number of hydrogen-bond donors (Lipinski definition) is 2. The highest BCUT2D eigenvalue weighted by molar-refractivity contribution is 7.80. The molecule has 0 unspecified atom stereocenters. The van der Waals surface area contributed by atoms with E-state index in [1.54, 1.807) is 12.1 Å². The quantitative estimate of drug-likeness (QED) is 0.823. The van der Waals surface area contributed by atoms with Crippen LogP contribution in [-0.2, 0) is 4.74 Å². The third-order valence-corrected chi connectivity index (χ3v) is 3.41. The number of hydrogen-bond acceptors (Lipinski definition) is 3. The van der Waals surface area contributed by atoms with E-state index in [-0.39, 0.29) is 10.8 Å². The fraction of sp³-hybridized carbons (Fsp3) is 0.462. The van der Waals surface area contributed by atoms with Crippen molar-refractivity contribution in [2.24, 2.45) is 11.7 Å². The number of benzene rings is 1. The van der Waals surface area contributed by atoms with Crippen LogP contribution in [0.5, 0.6) is 0 Å². The summed E-state index contributed by atoms with van der Waals surface area (Å²) in [5, 5.41) is 3.13. The van der Waals surface area contributed by atoms with Gasteiger partial charge in [0.1, 0.15) is 10.8 Å². The SMILES string of the molecule is NC(=S)c1ccc(NCC2CCOCC2)c(F)c1. The maximum atomic E-state index is 13.8. The minimum atomic E-state index is -0.313. The largest absolute Gasteiger partial charge is 0.389 e. The van der Waals surface area contributed by atoms with Gasteiger partial charge in [0.05, 0.1) is 5.69 Å². The number of anilines is 1. The third-order valence-electron chi connectivity index (χ3n) is 3.18. The summed E-state index contributed by atoms with van der Waals surface area (Å²) in [5.74, 6) is 0.237. The lowest BCUT2D eigenvalue weighted by atomic mass is 10.0. The van der Waals surface area contributed by atoms with Gasteiger partial charge in [-0.1, -0.05) is 12.2 Å². The van der Waals surface area contributed by atoms with Crippen LogP contribution in [0.25, 0.3) is 0 Å². The fourth-order valence-electron chi connectivity index (χ4n) is 2.02. The van der Waals surface area contributed by atoms with Crippen LogP contribution < -0.4 is 11.1 Å². The number of rotatable bonds is 4. The summed E-state index contributed by atoms with van der Waals surface area (Å²) < 4.78 is 19.0. The molecule has 0 radical (unpaired) electrons. The van der Waals surface area contributed by atoms with E-state index in [4.69, 9.17) is 22.7 Å². The Balaban J connectivity index is 1.94. The van der Waals surface area contributed by atoms with Gasteiger partial charge >= 0.3 is 0 Å². The molecule has 0 saturated carbocycles.